The van der Waals surface area contributed by atoms with Crippen molar-refractivity contribution >= 4 is 0 Å². The van der Waals surface area contributed by atoms with Crippen molar-refractivity contribution in [3.05, 3.63) is 0 Å². The van der Waals surface area contributed by atoms with E-state index in [0.29, 0.717) is 13.2 Å². The standard InChI is InChI=1S/C12H28N2O2.C4H10.C2H6/c1-13-7-5-3-4-6-8-14-9-10-16-12-11-15-2;1-3-4-2;1-2/h13-14H,3-12H2,1-2H3;3-4H2,1-2H3;1-2H3. The van der Waals surface area contributed by atoms with Gasteiger partial charge < -0.3 is 20.1 Å². The van der Waals surface area contributed by atoms with Crippen molar-refractivity contribution in [3.63, 3.8) is 0 Å². The van der Waals surface area contributed by atoms with Crippen molar-refractivity contribution < 1.29 is 9.47 Å². The predicted molar refractivity (Wildman–Crippen MR) is 99.9 cm³/mol. The SMILES string of the molecule is CC.CCCC.CNCCCCCCNCCOCCOC. The van der Waals surface area contributed by atoms with E-state index in [1.54, 1.807) is 7.11 Å². The quantitative estimate of drug-likeness (QED) is 0.477. The molecule has 0 unspecified atom stereocenters. The zero-order chi connectivity index (χ0) is 17.3. The van der Waals surface area contributed by atoms with Gasteiger partial charge >= 0.3 is 0 Å². The maximum atomic E-state index is 5.34. The second-order valence-electron chi connectivity index (χ2n) is 4.87. The van der Waals surface area contributed by atoms with Gasteiger partial charge in [0.2, 0.25) is 0 Å². The Labute approximate surface area is 140 Å². The highest BCUT2D eigenvalue weighted by Gasteiger charge is 1.91. The van der Waals surface area contributed by atoms with Gasteiger partial charge in [0.15, 0.2) is 0 Å². The zero-order valence-electron chi connectivity index (χ0n) is 16.3. The van der Waals surface area contributed by atoms with Crippen LogP contribution >= 0.6 is 0 Å². The fourth-order valence-electron chi connectivity index (χ4n) is 1.42. The molecule has 0 aromatic carbocycles. The summed E-state index contributed by atoms with van der Waals surface area (Å²) in [5.41, 5.74) is 0. The first-order chi connectivity index (χ1) is 10.8. The topological polar surface area (TPSA) is 42.5 Å². The molecule has 0 aliphatic heterocycles. The minimum Gasteiger partial charge on any atom is -0.382 e. The Morgan fingerprint density at radius 2 is 1.32 bits per heavy atom. The molecule has 0 spiro atoms. The first kappa shape index (κ1) is 26.7. The Morgan fingerprint density at radius 1 is 0.727 bits per heavy atom. The van der Waals surface area contributed by atoms with Crippen LogP contribution in [0.5, 0.6) is 0 Å². The summed E-state index contributed by atoms with van der Waals surface area (Å²) in [7, 11) is 3.70. The number of hydrogen-bond acceptors (Lipinski definition) is 4. The van der Waals surface area contributed by atoms with Crippen molar-refractivity contribution in [2.75, 3.05) is 53.6 Å². The molecule has 0 saturated heterocycles. The molecule has 0 aliphatic rings. The molecule has 2 N–H and O–H groups in total. The third-order valence-corrected chi connectivity index (χ3v) is 2.89. The molecule has 0 atom stereocenters. The van der Waals surface area contributed by atoms with E-state index in [0.717, 1.165) is 26.2 Å². The van der Waals surface area contributed by atoms with Crippen molar-refractivity contribution in [2.24, 2.45) is 0 Å². The molecule has 0 aliphatic carbocycles. The van der Waals surface area contributed by atoms with Gasteiger partial charge in [-0.2, -0.15) is 0 Å². The number of rotatable bonds is 14. The van der Waals surface area contributed by atoms with E-state index in [1.165, 1.54) is 38.5 Å². The van der Waals surface area contributed by atoms with Crippen molar-refractivity contribution in [1.29, 1.82) is 0 Å². The molecule has 0 amide bonds. The molecule has 4 heteroatoms. The maximum Gasteiger partial charge on any atom is 0.0700 e. The number of nitrogens with one attached hydrogen (secondary N) is 2. The molecular formula is C18H44N2O2. The summed E-state index contributed by atoms with van der Waals surface area (Å²) in [6.45, 7) is 13.7. The van der Waals surface area contributed by atoms with Gasteiger partial charge in [-0.15, -0.1) is 0 Å². The summed E-state index contributed by atoms with van der Waals surface area (Å²) in [6, 6.07) is 0. The Morgan fingerprint density at radius 3 is 1.82 bits per heavy atom. The van der Waals surface area contributed by atoms with Crippen LogP contribution in [0, 0.1) is 0 Å². The normalized spacial score (nSPS) is 9.55. The second-order valence-corrected chi connectivity index (χ2v) is 4.87. The molecule has 138 valence electrons. The van der Waals surface area contributed by atoms with Crippen LogP contribution in [0.3, 0.4) is 0 Å². The van der Waals surface area contributed by atoms with Gasteiger partial charge in [0.05, 0.1) is 19.8 Å². The summed E-state index contributed by atoms with van der Waals surface area (Å²) < 4.78 is 10.2. The Hall–Kier alpha value is -0.160. The minimum atomic E-state index is 0.686. The Balaban J connectivity index is -0.000000516. The van der Waals surface area contributed by atoms with Crippen molar-refractivity contribution in [2.45, 2.75) is 66.2 Å². The van der Waals surface area contributed by atoms with Gasteiger partial charge in [-0.1, -0.05) is 53.4 Å². The lowest BCUT2D eigenvalue weighted by Crippen LogP contribution is -2.21. The van der Waals surface area contributed by atoms with Gasteiger partial charge in [0, 0.05) is 13.7 Å². The number of hydrogen-bond donors (Lipinski definition) is 2. The summed E-state index contributed by atoms with van der Waals surface area (Å²) in [6.07, 6.45) is 7.84. The summed E-state index contributed by atoms with van der Waals surface area (Å²) in [4.78, 5) is 0. The monoisotopic (exact) mass is 320 g/mol. The van der Waals surface area contributed by atoms with Gasteiger partial charge in [-0.05, 0) is 33.0 Å². The van der Waals surface area contributed by atoms with E-state index in [4.69, 9.17) is 9.47 Å². The van der Waals surface area contributed by atoms with Gasteiger partial charge in [0.1, 0.15) is 0 Å². The first-order valence-corrected chi connectivity index (χ1v) is 9.25. The van der Waals surface area contributed by atoms with Crippen LogP contribution in [-0.2, 0) is 9.47 Å². The van der Waals surface area contributed by atoms with E-state index < -0.39 is 0 Å². The van der Waals surface area contributed by atoms with Crippen LogP contribution in [0.15, 0.2) is 0 Å². The molecule has 0 heterocycles. The molecule has 0 aromatic rings. The van der Waals surface area contributed by atoms with Crippen molar-refractivity contribution in [1.82, 2.24) is 10.6 Å². The van der Waals surface area contributed by atoms with E-state index in [2.05, 4.69) is 24.5 Å². The van der Waals surface area contributed by atoms with E-state index >= 15 is 0 Å². The molecule has 0 aromatic heterocycles. The summed E-state index contributed by atoms with van der Waals surface area (Å²) in [5.74, 6) is 0. The van der Waals surface area contributed by atoms with Gasteiger partial charge in [0.25, 0.3) is 0 Å². The molecule has 4 nitrogen and oxygen atoms in total. The van der Waals surface area contributed by atoms with E-state index in [9.17, 15) is 0 Å². The smallest absolute Gasteiger partial charge is 0.0700 e. The molecule has 22 heavy (non-hydrogen) atoms. The molecule has 0 radical (unpaired) electrons. The van der Waals surface area contributed by atoms with Gasteiger partial charge in [-0.25, -0.2) is 0 Å². The second kappa shape index (κ2) is 32.7. The van der Waals surface area contributed by atoms with Crippen LogP contribution in [0.1, 0.15) is 66.2 Å². The first-order valence-electron chi connectivity index (χ1n) is 9.25. The fourth-order valence-corrected chi connectivity index (χ4v) is 1.42. The average molecular weight is 321 g/mol. The highest BCUT2D eigenvalue weighted by molar-refractivity contribution is 4.50. The lowest BCUT2D eigenvalue weighted by Gasteiger charge is -2.05. The highest BCUT2D eigenvalue weighted by Crippen LogP contribution is 1.97. The Bertz CT molecular complexity index is 131. The fraction of sp³-hybridized carbons (Fsp3) is 1.00. The number of methoxy groups -OCH3 is 1. The molecule has 0 fully saturated rings. The Kier molecular flexibility index (Phi) is 39.7. The third-order valence-electron chi connectivity index (χ3n) is 2.89. The lowest BCUT2D eigenvalue weighted by atomic mass is 10.2. The summed E-state index contributed by atoms with van der Waals surface area (Å²) >= 11 is 0. The van der Waals surface area contributed by atoms with Crippen molar-refractivity contribution in [3.8, 4) is 0 Å². The number of ether oxygens (including phenoxy) is 2. The zero-order valence-corrected chi connectivity index (χ0v) is 16.3. The van der Waals surface area contributed by atoms with E-state index in [-0.39, 0.29) is 0 Å². The average Bonchev–Trinajstić information content (AvgIpc) is 2.58. The van der Waals surface area contributed by atoms with Gasteiger partial charge in [-0.3, -0.25) is 0 Å². The van der Waals surface area contributed by atoms with Crippen LogP contribution in [-0.4, -0.2) is 53.6 Å². The highest BCUT2D eigenvalue weighted by atomic mass is 16.5. The largest absolute Gasteiger partial charge is 0.382 e. The summed E-state index contributed by atoms with van der Waals surface area (Å²) in [5, 5.41) is 6.53. The molecule has 0 rings (SSSR count). The number of unbranched alkanes of at least 4 members (excludes halogenated alkanes) is 4. The maximum absolute atomic E-state index is 5.34. The molecular weight excluding hydrogens is 276 g/mol. The lowest BCUT2D eigenvalue weighted by molar-refractivity contribution is 0.0720. The van der Waals surface area contributed by atoms with E-state index in [1.807, 2.05) is 20.9 Å². The van der Waals surface area contributed by atoms with Crippen LogP contribution in [0.25, 0.3) is 0 Å². The third kappa shape index (κ3) is 36.8. The molecule has 0 saturated carbocycles. The predicted octanol–water partition coefficient (Wildman–Crippen LogP) is 3.85. The van der Waals surface area contributed by atoms with Crippen LogP contribution < -0.4 is 10.6 Å². The van der Waals surface area contributed by atoms with Crippen LogP contribution in [0.4, 0.5) is 0 Å². The van der Waals surface area contributed by atoms with Crippen LogP contribution in [0.2, 0.25) is 0 Å². The molecule has 0 bridgehead atoms. The minimum absolute atomic E-state index is 0.686.